The van der Waals surface area contributed by atoms with Crippen molar-refractivity contribution in [2.45, 2.75) is 141 Å². The number of ether oxygens (including phenoxy) is 6. The molecule has 5 heterocycles. The van der Waals surface area contributed by atoms with E-state index >= 15 is 0 Å². The number of carbonyl (C=O) groups excluding carboxylic acids is 5. The third kappa shape index (κ3) is 12.6. The number of Topliss-reactive ketones (excluding diaryl/α,β-unsaturated/α-hetero) is 1. The molecule has 2 amide bonds. The minimum Gasteiger partial charge on any atom is -0.461 e. The van der Waals surface area contributed by atoms with Gasteiger partial charge in [-0.05, 0) is 90.9 Å². The van der Waals surface area contributed by atoms with Gasteiger partial charge in [0.25, 0.3) is 0 Å². The van der Waals surface area contributed by atoms with E-state index in [4.69, 9.17) is 28.4 Å². The second-order valence-corrected chi connectivity index (χ2v) is 18.2. The molecular weight excluding hydrogens is 839 g/mol. The highest BCUT2D eigenvalue weighted by atomic mass is 16.7. The van der Waals surface area contributed by atoms with Crippen molar-refractivity contribution >= 4 is 36.0 Å². The van der Waals surface area contributed by atoms with Gasteiger partial charge in [0.1, 0.15) is 35.8 Å². The molecule has 0 aromatic carbocycles. The smallest absolute Gasteiger partial charge is 0.408 e. The normalized spacial score (nSPS) is 34.9. The number of cyclic esters (lactones) is 1. The standard InChI is InChI=1S/C48H67N5O12/c1-11-36-48(8)41(52-46(59)65-48)30(4)38(55)28(2)26-47(7,64-45(58)51-23-15-12-13-19-34-20-14-16-22-50-34)42(63-44-39(56)35(53(9)10)24-29(3)60-44)31(5)40(32(6)43(57)61-36)62-37(54)25-33-18-17-21-49-27-33/h12-22,27-32,35-36,39-42,44,56H,11,23-26H2,1-10H3,(H,51,58)(H,52,59)/b15-12+,19-13+/t28-,29-,30+,31+,32-,35+,36-,39-,40+,41-,42-,44+,47-,48-/m1/s1. The van der Waals surface area contributed by atoms with E-state index in [0.29, 0.717) is 12.0 Å². The lowest BCUT2D eigenvalue weighted by Crippen LogP contribution is -2.61. The van der Waals surface area contributed by atoms with E-state index in [0.717, 1.165) is 5.69 Å². The van der Waals surface area contributed by atoms with Crippen molar-refractivity contribution in [2.75, 3.05) is 20.6 Å². The second kappa shape index (κ2) is 22.3. The third-order valence-electron chi connectivity index (χ3n) is 12.9. The predicted molar refractivity (Wildman–Crippen MR) is 239 cm³/mol. The number of esters is 2. The molecule has 3 aliphatic rings. The molecule has 3 fully saturated rings. The lowest BCUT2D eigenvalue weighted by atomic mass is 9.73. The van der Waals surface area contributed by atoms with Crippen LogP contribution in [0, 0.1) is 23.7 Å². The van der Waals surface area contributed by atoms with Crippen LogP contribution in [0.3, 0.4) is 0 Å². The SMILES string of the molecule is CC[C@H]1OC(=O)[C@H](C)[C@@H](OC(=O)Cc2cccnc2)[C@H](C)[C@@H](O[C@@H]2O[C@H](C)C[C@H](N(C)C)[C@H]2O)[C@](C)(OC(=O)NC/C=C/C=C/c2ccccn2)C[C@@H](C)C(=O)[C@H](C)[C@H]2NC(=O)O[C@@]21C. The number of hydrogen-bond acceptors (Lipinski definition) is 15. The Bertz CT molecular complexity index is 2000. The van der Waals surface area contributed by atoms with Gasteiger partial charge in [-0.2, -0.15) is 0 Å². The summed E-state index contributed by atoms with van der Waals surface area (Å²) in [6.07, 6.45) is 3.98. The zero-order chi connectivity index (χ0) is 47.6. The Kier molecular flexibility index (Phi) is 17.4. The zero-order valence-electron chi connectivity index (χ0n) is 39.2. The highest BCUT2D eigenvalue weighted by Gasteiger charge is 2.58. The zero-order valence-corrected chi connectivity index (χ0v) is 39.2. The lowest BCUT2D eigenvalue weighted by Gasteiger charge is -2.48. The third-order valence-corrected chi connectivity index (χ3v) is 12.9. The van der Waals surface area contributed by atoms with Gasteiger partial charge in [-0.25, -0.2) is 9.59 Å². The average molecular weight is 906 g/mol. The summed E-state index contributed by atoms with van der Waals surface area (Å²) in [5.74, 6) is -5.74. The molecule has 0 saturated carbocycles. The highest BCUT2D eigenvalue weighted by molar-refractivity contribution is 5.85. The average Bonchev–Trinajstić information content (AvgIpc) is 3.58. The van der Waals surface area contributed by atoms with Crippen LogP contribution >= 0.6 is 0 Å². The number of likely N-dealkylation sites (N-methyl/N-ethyl adjacent to an activating group) is 1. The number of nitrogens with zero attached hydrogens (tertiary/aromatic N) is 3. The number of rotatable bonds is 12. The van der Waals surface area contributed by atoms with Crippen LogP contribution in [0.15, 0.2) is 67.2 Å². The van der Waals surface area contributed by atoms with Crippen molar-refractivity contribution in [1.29, 1.82) is 0 Å². The van der Waals surface area contributed by atoms with Gasteiger partial charge < -0.3 is 49.1 Å². The summed E-state index contributed by atoms with van der Waals surface area (Å²) in [6, 6.07) is 7.61. The largest absolute Gasteiger partial charge is 0.461 e. The van der Waals surface area contributed by atoms with Gasteiger partial charge in [0.15, 0.2) is 11.9 Å². The van der Waals surface area contributed by atoms with Crippen molar-refractivity contribution in [3.63, 3.8) is 0 Å². The van der Waals surface area contributed by atoms with Crippen LogP contribution in [0.25, 0.3) is 6.08 Å². The van der Waals surface area contributed by atoms with Gasteiger partial charge in [0, 0.05) is 48.9 Å². The molecule has 3 aliphatic heterocycles. The minimum atomic E-state index is -1.76. The first-order valence-corrected chi connectivity index (χ1v) is 22.5. The summed E-state index contributed by atoms with van der Waals surface area (Å²) >= 11 is 0. The number of alkyl carbamates (subject to hydrolysis) is 2. The van der Waals surface area contributed by atoms with E-state index in [-0.39, 0.29) is 37.7 Å². The molecule has 2 aromatic heterocycles. The maximum atomic E-state index is 14.7. The first-order chi connectivity index (χ1) is 30.8. The molecule has 65 heavy (non-hydrogen) atoms. The molecule has 2 aromatic rings. The highest BCUT2D eigenvalue weighted by Crippen LogP contribution is 2.42. The van der Waals surface area contributed by atoms with Gasteiger partial charge in [-0.3, -0.25) is 24.4 Å². The topological polar surface area (TPSA) is 214 Å². The van der Waals surface area contributed by atoms with E-state index in [1.54, 1.807) is 91.2 Å². The number of allylic oxidation sites excluding steroid dienone is 2. The second-order valence-electron chi connectivity index (χ2n) is 18.2. The fourth-order valence-corrected chi connectivity index (χ4v) is 9.46. The van der Waals surface area contributed by atoms with E-state index in [9.17, 15) is 29.1 Å². The molecule has 17 nitrogen and oxygen atoms in total. The maximum absolute atomic E-state index is 14.7. The van der Waals surface area contributed by atoms with E-state index < -0.39 is 102 Å². The Morgan fingerprint density at radius 2 is 1.78 bits per heavy atom. The molecule has 0 aliphatic carbocycles. The van der Waals surface area contributed by atoms with Crippen molar-refractivity contribution in [1.82, 2.24) is 25.5 Å². The predicted octanol–water partition coefficient (Wildman–Crippen LogP) is 5.20. The number of fused-ring (bicyclic) bond motifs is 1. The number of pyridine rings is 2. The number of carbonyl (C=O) groups is 5. The number of aliphatic hydroxyl groups is 1. The molecule has 5 rings (SSSR count). The molecular formula is C48H67N5O12. The Morgan fingerprint density at radius 3 is 2.45 bits per heavy atom. The van der Waals surface area contributed by atoms with Gasteiger partial charge in [0.05, 0.1) is 30.2 Å². The Labute approximate surface area is 382 Å². The molecule has 0 bridgehead atoms. The Hall–Kier alpha value is -5.23. The summed E-state index contributed by atoms with van der Waals surface area (Å²) in [4.78, 5) is 80.3. The van der Waals surface area contributed by atoms with Gasteiger partial charge in [-0.1, -0.05) is 58.1 Å². The molecule has 0 radical (unpaired) electrons. The summed E-state index contributed by atoms with van der Waals surface area (Å²) < 4.78 is 37.9. The molecule has 0 spiro atoms. The fourth-order valence-electron chi connectivity index (χ4n) is 9.46. The van der Waals surface area contributed by atoms with Gasteiger partial charge >= 0.3 is 24.1 Å². The van der Waals surface area contributed by atoms with Crippen molar-refractivity contribution < 1.29 is 57.5 Å². The Balaban J connectivity index is 1.60. The summed E-state index contributed by atoms with van der Waals surface area (Å²) in [5.41, 5.74) is -1.92. The summed E-state index contributed by atoms with van der Waals surface area (Å²) in [7, 11) is 3.67. The molecule has 3 saturated heterocycles. The number of aliphatic hydroxyl groups excluding tert-OH is 1. The number of aromatic nitrogens is 2. The van der Waals surface area contributed by atoms with Crippen LogP contribution < -0.4 is 10.6 Å². The van der Waals surface area contributed by atoms with Crippen molar-refractivity contribution in [3.05, 3.63) is 78.4 Å². The summed E-state index contributed by atoms with van der Waals surface area (Å²) in [6.45, 7) is 13.5. The minimum absolute atomic E-state index is 0.0521. The lowest BCUT2D eigenvalue weighted by molar-refractivity contribution is -0.298. The number of nitrogens with one attached hydrogen (secondary N) is 2. The quantitative estimate of drug-likeness (QED) is 0.142. The number of amides is 2. The van der Waals surface area contributed by atoms with Crippen LogP contribution in [-0.4, -0.2) is 131 Å². The number of hydrogen-bond donors (Lipinski definition) is 3. The fraction of sp³-hybridized carbons (Fsp3) is 0.604. The first kappa shape index (κ1) is 50.8. The Morgan fingerprint density at radius 1 is 1.03 bits per heavy atom. The van der Waals surface area contributed by atoms with Gasteiger partial charge in [-0.15, -0.1) is 0 Å². The first-order valence-electron chi connectivity index (χ1n) is 22.5. The van der Waals surface area contributed by atoms with Crippen molar-refractivity contribution in [2.24, 2.45) is 23.7 Å². The van der Waals surface area contributed by atoms with E-state index in [1.165, 1.54) is 6.20 Å². The molecule has 14 atom stereocenters. The monoisotopic (exact) mass is 905 g/mol. The van der Waals surface area contributed by atoms with Crippen LogP contribution in [-0.2, 0) is 49.2 Å². The summed E-state index contributed by atoms with van der Waals surface area (Å²) in [5, 5.41) is 17.4. The molecule has 17 heteroatoms. The van der Waals surface area contributed by atoms with E-state index in [2.05, 4.69) is 20.6 Å². The van der Waals surface area contributed by atoms with Gasteiger partial charge in [0.2, 0.25) is 0 Å². The van der Waals surface area contributed by atoms with Crippen LogP contribution in [0.5, 0.6) is 0 Å². The van der Waals surface area contributed by atoms with Crippen LogP contribution in [0.1, 0.15) is 85.9 Å². The van der Waals surface area contributed by atoms with E-state index in [1.807, 2.05) is 50.2 Å². The molecule has 356 valence electrons. The molecule has 3 N–H and O–H groups in total. The van der Waals surface area contributed by atoms with Crippen LogP contribution in [0.4, 0.5) is 9.59 Å². The molecule has 0 unspecified atom stereocenters. The van der Waals surface area contributed by atoms with Crippen LogP contribution in [0.2, 0.25) is 0 Å². The van der Waals surface area contributed by atoms with Crippen molar-refractivity contribution in [3.8, 4) is 0 Å². The number of ketones is 1. The maximum Gasteiger partial charge on any atom is 0.408 e.